The van der Waals surface area contributed by atoms with Gasteiger partial charge in [-0.1, -0.05) is 31.1 Å². The molecule has 1 saturated carbocycles. The number of aromatic nitrogens is 1. The topological polar surface area (TPSA) is 106 Å². The number of anilines is 1. The van der Waals surface area contributed by atoms with Gasteiger partial charge in [-0.2, -0.15) is 4.98 Å². The van der Waals surface area contributed by atoms with Gasteiger partial charge in [-0.05, 0) is 42.5 Å². The fraction of sp³-hybridized carbons (Fsp3) is 0.250. The summed E-state index contributed by atoms with van der Waals surface area (Å²) in [6, 6.07) is 6.61. The molecule has 0 radical (unpaired) electrons. The molecule has 0 spiro atoms. The standard InChI is InChI=1S/C20H18N2O4/c21-18-15(20(24)25)10-14-17(23)13-9-12(6-5-11-3-1-2-4-11)7-8-16(13)26-19(14)22-18/h5-11H,1-4H2,(H2,21,22)(H,24,25). The Morgan fingerprint density at radius 3 is 2.73 bits per heavy atom. The van der Waals surface area contributed by atoms with E-state index in [2.05, 4.69) is 11.1 Å². The van der Waals surface area contributed by atoms with Gasteiger partial charge < -0.3 is 15.3 Å². The summed E-state index contributed by atoms with van der Waals surface area (Å²) in [5, 5.41) is 9.69. The smallest absolute Gasteiger partial charge is 0.339 e. The number of fused-ring (bicyclic) bond motifs is 2. The number of hydrogen-bond acceptors (Lipinski definition) is 5. The highest BCUT2D eigenvalue weighted by Gasteiger charge is 2.16. The van der Waals surface area contributed by atoms with Crippen molar-refractivity contribution in [2.45, 2.75) is 25.7 Å². The monoisotopic (exact) mass is 350 g/mol. The normalized spacial score (nSPS) is 15.4. The maximum absolute atomic E-state index is 12.8. The lowest BCUT2D eigenvalue weighted by atomic mass is 10.0. The van der Waals surface area contributed by atoms with Crippen LogP contribution < -0.4 is 11.2 Å². The predicted octanol–water partition coefficient (Wildman–Crippen LogP) is 3.83. The van der Waals surface area contributed by atoms with E-state index in [9.17, 15) is 14.7 Å². The van der Waals surface area contributed by atoms with Crippen molar-refractivity contribution in [3.8, 4) is 0 Å². The van der Waals surface area contributed by atoms with Gasteiger partial charge in [-0.25, -0.2) is 4.79 Å². The molecule has 0 atom stereocenters. The number of hydrogen-bond donors (Lipinski definition) is 2. The molecule has 1 aliphatic rings. The first-order valence-corrected chi connectivity index (χ1v) is 8.61. The number of carboxylic acids is 1. The molecule has 1 aliphatic carbocycles. The largest absolute Gasteiger partial charge is 0.478 e. The van der Waals surface area contributed by atoms with Crippen molar-refractivity contribution in [1.29, 1.82) is 0 Å². The molecule has 0 bridgehead atoms. The van der Waals surface area contributed by atoms with Crippen molar-refractivity contribution in [2.24, 2.45) is 5.92 Å². The van der Waals surface area contributed by atoms with Crippen LogP contribution in [0.5, 0.6) is 0 Å². The number of pyridine rings is 1. The van der Waals surface area contributed by atoms with Crippen LogP contribution in [0.1, 0.15) is 41.6 Å². The second-order valence-corrected chi connectivity index (χ2v) is 6.67. The third-order valence-corrected chi connectivity index (χ3v) is 4.91. The third-order valence-electron chi connectivity index (χ3n) is 4.91. The van der Waals surface area contributed by atoms with E-state index in [0.29, 0.717) is 16.9 Å². The van der Waals surface area contributed by atoms with Crippen molar-refractivity contribution in [3.05, 3.63) is 51.7 Å². The van der Waals surface area contributed by atoms with Crippen LogP contribution in [0.15, 0.2) is 39.6 Å². The Bertz CT molecular complexity index is 1110. The SMILES string of the molecule is Nc1nc2oc3ccc(C=CC4CCCC4)cc3c(=O)c2cc1C(=O)O. The molecule has 132 valence electrons. The summed E-state index contributed by atoms with van der Waals surface area (Å²) in [4.78, 5) is 28.0. The van der Waals surface area contributed by atoms with Crippen LogP contribution in [0.4, 0.5) is 5.82 Å². The lowest BCUT2D eigenvalue weighted by molar-refractivity contribution is 0.0698. The number of allylic oxidation sites excluding steroid dienone is 1. The zero-order valence-electron chi connectivity index (χ0n) is 14.1. The number of nitrogens with zero attached hydrogens (tertiary/aromatic N) is 1. The Hall–Kier alpha value is -3.15. The van der Waals surface area contributed by atoms with Crippen LogP contribution in [-0.4, -0.2) is 16.1 Å². The lowest BCUT2D eigenvalue weighted by Gasteiger charge is -2.05. The van der Waals surface area contributed by atoms with E-state index in [-0.39, 0.29) is 27.9 Å². The van der Waals surface area contributed by atoms with E-state index in [0.717, 1.165) is 5.56 Å². The Balaban J connectivity index is 1.85. The number of carbonyl (C=O) groups is 1. The zero-order chi connectivity index (χ0) is 18.3. The Morgan fingerprint density at radius 2 is 2.00 bits per heavy atom. The maximum Gasteiger partial charge on any atom is 0.339 e. The van der Waals surface area contributed by atoms with Crippen LogP contribution in [-0.2, 0) is 0 Å². The molecule has 6 heteroatoms. The Labute approximate surface area is 149 Å². The minimum Gasteiger partial charge on any atom is -0.478 e. The van der Waals surface area contributed by atoms with Crippen LogP contribution in [0.3, 0.4) is 0 Å². The minimum atomic E-state index is -1.23. The molecule has 3 aromatic rings. The van der Waals surface area contributed by atoms with Crippen molar-refractivity contribution < 1.29 is 14.3 Å². The number of aromatic carboxylic acids is 1. The van der Waals surface area contributed by atoms with Crippen molar-refractivity contribution in [1.82, 2.24) is 4.98 Å². The first-order valence-electron chi connectivity index (χ1n) is 8.61. The fourth-order valence-corrected chi connectivity index (χ4v) is 3.49. The van der Waals surface area contributed by atoms with Crippen molar-refractivity contribution >= 4 is 39.9 Å². The highest BCUT2D eigenvalue weighted by molar-refractivity contribution is 5.98. The summed E-state index contributed by atoms with van der Waals surface area (Å²) in [5.74, 6) is -0.808. The quantitative estimate of drug-likeness (QED) is 0.695. The van der Waals surface area contributed by atoms with E-state index < -0.39 is 5.97 Å². The van der Waals surface area contributed by atoms with E-state index >= 15 is 0 Å². The molecular formula is C20H18N2O4. The van der Waals surface area contributed by atoms with Crippen LogP contribution in [0, 0.1) is 5.92 Å². The van der Waals surface area contributed by atoms with Crippen LogP contribution >= 0.6 is 0 Å². The van der Waals surface area contributed by atoms with Crippen LogP contribution in [0.2, 0.25) is 0 Å². The molecule has 1 fully saturated rings. The summed E-state index contributed by atoms with van der Waals surface area (Å²) >= 11 is 0. The molecule has 6 nitrogen and oxygen atoms in total. The number of nitrogens with two attached hydrogens (primary N) is 1. The summed E-state index contributed by atoms with van der Waals surface area (Å²) < 4.78 is 5.67. The first-order chi connectivity index (χ1) is 12.5. The highest BCUT2D eigenvalue weighted by Crippen LogP contribution is 2.27. The summed E-state index contributed by atoms with van der Waals surface area (Å²) in [6.45, 7) is 0. The van der Waals surface area contributed by atoms with Gasteiger partial charge in [0, 0.05) is 0 Å². The third kappa shape index (κ3) is 2.83. The van der Waals surface area contributed by atoms with Gasteiger partial charge in [0.05, 0.1) is 10.8 Å². The fourth-order valence-electron chi connectivity index (χ4n) is 3.49. The van der Waals surface area contributed by atoms with Crippen molar-refractivity contribution in [3.63, 3.8) is 0 Å². The van der Waals surface area contributed by atoms with Crippen molar-refractivity contribution in [2.75, 3.05) is 5.73 Å². The molecule has 1 aromatic carbocycles. The molecule has 4 rings (SSSR count). The average molecular weight is 350 g/mol. The second-order valence-electron chi connectivity index (χ2n) is 6.67. The second kappa shape index (κ2) is 6.29. The minimum absolute atomic E-state index is 0.0410. The molecule has 2 aromatic heterocycles. The predicted molar refractivity (Wildman–Crippen MR) is 100 cm³/mol. The van der Waals surface area contributed by atoms with Gasteiger partial charge in [0.15, 0.2) is 0 Å². The molecule has 0 amide bonds. The molecule has 26 heavy (non-hydrogen) atoms. The van der Waals surface area contributed by atoms with Crippen LogP contribution in [0.25, 0.3) is 28.1 Å². The lowest BCUT2D eigenvalue weighted by Crippen LogP contribution is -2.09. The Kier molecular flexibility index (Phi) is 3.95. The number of carboxylic acid groups (broad SMARTS) is 1. The molecule has 0 saturated heterocycles. The number of nitrogen functional groups attached to an aromatic ring is 1. The molecular weight excluding hydrogens is 332 g/mol. The maximum atomic E-state index is 12.8. The molecule has 3 N–H and O–H groups in total. The summed E-state index contributed by atoms with van der Waals surface area (Å²) in [6.07, 6.45) is 9.18. The Morgan fingerprint density at radius 1 is 1.23 bits per heavy atom. The summed E-state index contributed by atoms with van der Waals surface area (Å²) in [7, 11) is 0. The van der Waals surface area contributed by atoms with Gasteiger partial charge >= 0.3 is 5.97 Å². The molecule has 2 heterocycles. The number of benzene rings is 1. The van der Waals surface area contributed by atoms with E-state index in [1.54, 1.807) is 12.1 Å². The zero-order valence-corrected chi connectivity index (χ0v) is 14.1. The highest BCUT2D eigenvalue weighted by atomic mass is 16.4. The van der Waals surface area contributed by atoms with Gasteiger partial charge in [0.2, 0.25) is 11.1 Å². The summed E-state index contributed by atoms with van der Waals surface area (Å²) in [5.41, 5.74) is 6.48. The van der Waals surface area contributed by atoms with Gasteiger partial charge in [-0.15, -0.1) is 0 Å². The average Bonchev–Trinajstić information content (AvgIpc) is 3.13. The van der Waals surface area contributed by atoms with Gasteiger partial charge in [0.25, 0.3) is 0 Å². The van der Waals surface area contributed by atoms with Gasteiger partial charge in [0.1, 0.15) is 17.0 Å². The van der Waals surface area contributed by atoms with E-state index in [4.69, 9.17) is 10.2 Å². The first kappa shape index (κ1) is 16.3. The molecule has 0 unspecified atom stereocenters. The van der Waals surface area contributed by atoms with Gasteiger partial charge in [-0.3, -0.25) is 4.79 Å². The van der Waals surface area contributed by atoms with E-state index in [1.165, 1.54) is 31.7 Å². The van der Waals surface area contributed by atoms with E-state index in [1.807, 2.05) is 12.1 Å². The molecule has 0 aliphatic heterocycles. The number of rotatable bonds is 3.